The van der Waals surface area contributed by atoms with Crippen molar-refractivity contribution in [3.8, 4) is 11.1 Å². The second kappa shape index (κ2) is 8.54. The van der Waals surface area contributed by atoms with Crippen LogP contribution in [-0.4, -0.2) is 33.6 Å². The van der Waals surface area contributed by atoms with Crippen molar-refractivity contribution >= 4 is 34.9 Å². The van der Waals surface area contributed by atoms with Crippen molar-refractivity contribution in [2.45, 2.75) is 25.8 Å². The van der Waals surface area contributed by atoms with Crippen molar-refractivity contribution in [1.82, 2.24) is 14.9 Å². The van der Waals surface area contributed by atoms with E-state index in [1.165, 1.54) is 0 Å². The summed E-state index contributed by atoms with van der Waals surface area (Å²) in [5.74, 6) is -0.0333. The number of aryl methyl sites for hydroxylation is 1. The summed E-state index contributed by atoms with van der Waals surface area (Å²) in [7, 11) is 1.70. The van der Waals surface area contributed by atoms with Crippen molar-refractivity contribution in [3.05, 3.63) is 81.4 Å². The molecule has 0 aliphatic heterocycles. The van der Waals surface area contributed by atoms with E-state index < -0.39 is 0 Å². The van der Waals surface area contributed by atoms with Crippen LogP contribution in [0.4, 0.5) is 0 Å². The number of rotatable bonds is 4. The summed E-state index contributed by atoms with van der Waals surface area (Å²) in [6.45, 7) is 0.361. The summed E-state index contributed by atoms with van der Waals surface area (Å²) >= 11 is 12.6. The summed E-state index contributed by atoms with van der Waals surface area (Å²) in [5, 5.41) is 0.932. The predicted octanol–water partition coefficient (Wildman–Crippen LogP) is 4.78. The van der Waals surface area contributed by atoms with Crippen LogP contribution in [0.2, 0.25) is 10.0 Å². The molecular weight excluding hydrogens is 421 g/mol. The average Bonchev–Trinajstić information content (AvgIpc) is 2.74. The van der Waals surface area contributed by atoms with Crippen molar-refractivity contribution in [1.29, 1.82) is 0 Å². The minimum Gasteiger partial charge on any atom is -0.336 e. The molecule has 0 atom stereocenters. The van der Waals surface area contributed by atoms with Crippen LogP contribution in [0.1, 0.15) is 33.6 Å². The molecule has 0 bridgehead atoms. The van der Waals surface area contributed by atoms with Crippen LogP contribution >= 0.6 is 23.2 Å². The van der Waals surface area contributed by atoms with Crippen LogP contribution in [0.15, 0.2) is 48.9 Å². The minimum absolute atomic E-state index is 0.224. The zero-order chi connectivity index (χ0) is 21.3. The molecule has 0 unspecified atom stereocenters. The van der Waals surface area contributed by atoms with Crippen LogP contribution in [0, 0.1) is 0 Å². The van der Waals surface area contributed by atoms with Gasteiger partial charge in [-0.25, -0.2) is 4.98 Å². The van der Waals surface area contributed by atoms with E-state index >= 15 is 0 Å². The highest BCUT2D eigenvalue weighted by atomic mass is 35.5. The van der Waals surface area contributed by atoms with Gasteiger partial charge in [-0.1, -0.05) is 29.3 Å². The lowest BCUT2D eigenvalue weighted by molar-refractivity contribution is -0.118. The second-order valence-corrected chi connectivity index (χ2v) is 8.20. The van der Waals surface area contributed by atoms with Gasteiger partial charge in [-0.2, -0.15) is 0 Å². The fourth-order valence-electron chi connectivity index (χ4n) is 3.64. The Morgan fingerprint density at radius 1 is 1.10 bits per heavy atom. The third-order valence-corrected chi connectivity index (χ3v) is 5.83. The Kier molecular flexibility index (Phi) is 5.84. The lowest BCUT2D eigenvalue weighted by Gasteiger charge is -2.19. The van der Waals surface area contributed by atoms with Crippen LogP contribution < -0.4 is 0 Å². The molecule has 0 saturated heterocycles. The number of benzene rings is 1. The zero-order valence-corrected chi connectivity index (χ0v) is 17.9. The van der Waals surface area contributed by atoms with Crippen LogP contribution in [0.25, 0.3) is 11.1 Å². The molecule has 152 valence electrons. The first-order valence-corrected chi connectivity index (χ1v) is 10.3. The SMILES string of the molecule is CN(Cc1cncc(-c2cc(Cl)c3c(c2)CCC(=O)C3)c1)C(=O)c1ncccc1Cl. The molecule has 0 N–H and O–H groups in total. The standard InChI is InChI=1S/C23H19Cl2N3O2/c1-28(23(30)22-20(24)3-2-6-27-22)13-14-7-17(12-26-11-14)16-8-15-4-5-18(29)10-19(15)21(25)9-16/h2-3,6-9,11-12H,4-5,10,13H2,1H3. The second-order valence-electron chi connectivity index (χ2n) is 7.39. The molecule has 2 heterocycles. The Hall–Kier alpha value is -2.76. The largest absolute Gasteiger partial charge is 0.336 e. The minimum atomic E-state index is -0.257. The van der Waals surface area contributed by atoms with Crippen LogP contribution in [0.3, 0.4) is 0 Å². The summed E-state index contributed by atoms with van der Waals surface area (Å²) < 4.78 is 0. The smallest absolute Gasteiger partial charge is 0.274 e. The Labute approximate surface area is 184 Å². The monoisotopic (exact) mass is 439 g/mol. The number of amides is 1. The summed E-state index contributed by atoms with van der Waals surface area (Å²) in [5.41, 5.74) is 4.99. The van der Waals surface area contributed by atoms with Crippen molar-refractivity contribution in [3.63, 3.8) is 0 Å². The molecule has 5 nitrogen and oxygen atoms in total. The Balaban J connectivity index is 1.58. The third kappa shape index (κ3) is 4.23. The van der Waals surface area contributed by atoms with Crippen LogP contribution in [0.5, 0.6) is 0 Å². The molecule has 3 aromatic rings. The third-order valence-electron chi connectivity index (χ3n) is 5.19. The van der Waals surface area contributed by atoms with E-state index in [2.05, 4.69) is 16.0 Å². The van der Waals surface area contributed by atoms with E-state index in [0.717, 1.165) is 27.8 Å². The summed E-state index contributed by atoms with van der Waals surface area (Å²) in [6, 6.07) is 9.28. The van der Waals surface area contributed by atoms with Crippen LogP contribution in [-0.2, 0) is 24.2 Å². The normalized spacial score (nSPS) is 13.1. The first-order chi connectivity index (χ1) is 14.4. The van der Waals surface area contributed by atoms with Gasteiger partial charge < -0.3 is 4.90 Å². The summed E-state index contributed by atoms with van der Waals surface area (Å²) in [6.07, 6.45) is 6.70. The number of fused-ring (bicyclic) bond motifs is 1. The lowest BCUT2D eigenvalue weighted by Crippen LogP contribution is -2.27. The Bertz CT molecular complexity index is 1150. The maximum absolute atomic E-state index is 12.7. The fourth-order valence-corrected chi connectivity index (χ4v) is 4.15. The quantitative estimate of drug-likeness (QED) is 0.586. The average molecular weight is 440 g/mol. The number of pyridine rings is 2. The molecule has 1 aliphatic carbocycles. The Morgan fingerprint density at radius 2 is 1.93 bits per heavy atom. The van der Waals surface area contributed by atoms with Crippen molar-refractivity contribution in [2.24, 2.45) is 0 Å². The number of Topliss-reactive ketones (excluding diaryl/α,β-unsaturated/α-hetero) is 1. The number of ketones is 1. The van der Waals surface area contributed by atoms with E-state index in [-0.39, 0.29) is 17.4 Å². The number of aromatic nitrogens is 2. The van der Waals surface area contributed by atoms with Gasteiger partial charge in [0.15, 0.2) is 0 Å². The molecule has 0 saturated carbocycles. The van der Waals surface area contributed by atoms with Gasteiger partial charge in [0, 0.05) is 55.6 Å². The molecule has 0 radical (unpaired) electrons. The fraction of sp³-hybridized carbons (Fsp3) is 0.217. The van der Waals surface area contributed by atoms with E-state index in [9.17, 15) is 9.59 Å². The number of carbonyl (C=O) groups is 2. The molecule has 1 aromatic carbocycles. The number of hydrogen-bond donors (Lipinski definition) is 0. The molecule has 4 rings (SSSR count). The first kappa shape index (κ1) is 20.5. The van der Waals surface area contributed by atoms with Gasteiger partial charge >= 0.3 is 0 Å². The van der Waals surface area contributed by atoms with Gasteiger partial charge in [0.05, 0.1) is 5.02 Å². The van der Waals surface area contributed by atoms with Gasteiger partial charge in [-0.15, -0.1) is 0 Å². The van der Waals surface area contributed by atoms with E-state index in [1.54, 1.807) is 42.7 Å². The van der Waals surface area contributed by atoms with Crippen molar-refractivity contribution in [2.75, 3.05) is 7.05 Å². The molecule has 30 heavy (non-hydrogen) atoms. The molecule has 7 heteroatoms. The maximum Gasteiger partial charge on any atom is 0.274 e. The van der Waals surface area contributed by atoms with Gasteiger partial charge in [-0.3, -0.25) is 14.6 Å². The molecule has 0 spiro atoms. The Morgan fingerprint density at radius 3 is 2.73 bits per heavy atom. The highest BCUT2D eigenvalue weighted by molar-refractivity contribution is 6.33. The van der Waals surface area contributed by atoms with Crippen molar-refractivity contribution < 1.29 is 9.59 Å². The van der Waals surface area contributed by atoms with Gasteiger partial charge in [-0.05, 0) is 52.9 Å². The number of hydrogen-bond acceptors (Lipinski definition) is 4. The zero-order valence-electron chi connectivity index (χ0n) is 16.4. The molecule has 1 amide bonds. The highest BCUT2D eigenvalue weighted by Crippen LogP contribution is 2.32. The van der Waals surface area contributed by atoms with E-state index in [4.69, 9.17) is 23.2 Å². The number of carbonyl (C=O) groups excluding carboxylic acids is 2. The van der Waals surface area contributed by atoms with E-state index in [1.807, 2.05) is 12.1 Å². The highest BCUT2D eigenvalue weighted by Gasteiger charge is 2.20. The predicted molar refractivity (Wildman–Crippen MR) is 117 cm³/mol. The first-order valence-electron chi connectivity index (χ1n) is 9.55. The number of nitrogens with zero attached hydrogens (tertiary/aromatic N) is 3. The molecule has 2 aromatic heterocycles. The summed E-state index contributed by atoms with van der Waals surface area (Å²) in [4.78, 5) is 34.4. The molecular formula is C23H19Cl2N3O2. The molecule has 0 fully saturated rings. The lowest BCUT2D eigenvalue weighted by atomic mass is 9.88. The van der Waals surface area contributed by atoms with Gasteiger partial charge in [0.25, 0.3) is 5.91 Å². The van der Waals surface area contributed by atoms with Gasteiger partial charge in [0.1, 0.15) is 11.5 Å². The maximum atomic E-state index is 12.7. The topological polar surface area (TPSA) is 63.2 Å². The number of halogens is 2. The molecule has 1 aliphatic rings. The van der Waals surface area contributed by atoms with Gasteiger partial charge in [0.2, 0.25) is 0 Å². The van der Waals surface area contributed by atoms with E-state index in [0.29, 0.717) is 35.9 Å².